The lowest BCUT2D eigenvalue weighted by molar-refractivity contribution is -0.122. The van der Waals surface area contributed by atoms with Crippen molar-refractivity contribution in [1.29, 1.82) is 0 Å². The Labute approximate surface area is 162 Å². The van der Waals surface area contributed by atoms with Crippen molar-refractivity contribution < 1.29 is 4.79 Å². The quantitative estimate of drug-likeness (QED) is 0.792. The van der Waals surface area contributed by atoms with E-state index in [1.807, 2.05) is 36.4 Å². The van der Waals surface area contributed by atoms with Gasteiger partial charge in [0, 0.05) is 19.1 Å². The van der Waals surface area contributed by atoms with Crippen molar-refractivity contribution in [3.05, 3.63) is 71.3 Å². The number of hydrogen-bond acceptors (Lipinski definition) is 3. The molecule has 3 N–H and O–H groups in total. The largest absolute Gasteiger partial charge is 0.351 e. The lowest BCUT2D eigenvalue weighted by Gasteiger charge is -2.33. The standard InChI is InChI=1S/C23H31N3O/c1-18-9-7-8-14-26(18)17-21-13-6-5-12-20(21)16-25-23(27)22(24)15-19-10-3-2-4-11-19/h2-6,10-13,18,22H,7-9,14-17,24H2,1H3,(H,25,27). The summed E-state index contributed by atoms with van der Waals surface area (Å²) in [6.07, 6.45) is 4.43. The molecule has 0 radical (unpaired) electrons. The van der Waals surface area contributed by atoms with Gasteiger partial charge in [-0.15, -0.1) is 0 Å². The molecular weight excluding hydrogens is 334 g/mol. The van der Waals surface area contributed by atoms with Crippen LogP contribution < -0.4 is 11.1 Å². The van der Waals surface area contributed by atoms with E-state index in [1.165, 1.54) is 30.4 Å². The Balaban J connectivity index is 1.56. The van der Waals surface area contributed by atoms with Gasteiger partial charge in [0.1, 0.15) is 0 Å². The summed E-state index contributed by atoms with van der Waals surface area (Å²) in [5, 5.41) is 3.03. The zero-order chi connectivity index (χ0) is 19.1. The monoisotopic (exact) mass is 365 g/mol. The normalized spacial score (nSPS) is 18.8. The SMILES string of the molecule is CC1CCCCN1Cc1ccccc1CNC(=O)C(N)Cc1ccccc1. The molecule has 144 valence electrons. The van der Waals surface area contributed by atoms with E-state index >= 15 is 0 Å². The van der Waals surface area contributed by atoms with Crippen molar-refractivity contribution in [3.8, 4) is 0 Å². The fourth-order valence-electron chi connectivity index (χ4n) is 3.77. The van der Waals surface area contributed by atoms with Crippen LogP contribution in [0.4, 0.5) is 0 Å². The second kappa shape index (κ2) is 9.67. The molecule has 1 amide bonds. The van der Waals surface area contributed by atoms with Crippen molar-refractivity contribution in [1.82, 2.24) is 10.2 Å². The van der Waals surface area contributed by atoms with Crippen LogP contribution in [0.5, 0.6) is 0 Å². The topological polar surface area (TPSA) is 58.4 Å². The molecule has 1 heterocycles. The molecule has 0 spiro atoms. The number of benzene rings is 2. The molecule has 0 aromatic heterocycles. The summed E-state index contributed by atoms with van der Waals surface area (Å²) >= 11 is 0. The third kappa shape index (κ3) is 5.65. The van der Waals surface area contributed by atoms with E-state index in [0.29, 0.717) is 19.0 Å². The first-order valence-corrected chi connectivity index (χ1v) is 10.0. The minimum atomic E-state index is -0.526. The molecule has 2 atom stereocenters. The van der Waals surface area contributed by atoms with Gasteiger partial charge in [0.15, 0.2) is 0 Å². The summed E-state index contributed by atoms with van der Waals surface area (Å²) in [5.74, 6) is -0.0972. The number of nitrogens with one attached hydrogen (secondary N) is 1. The lowest BCUT2D eigenvalue weighted by atomic mass is 10.0. The van der Waals surface area contributed by atoms with Crippen LogP contribution in [0, 0.1) is 0 Å². The van der Waals surface area contributed by atoms with Crippen LogP contribution in [0.1, 0.15) is 42.9 Å². The van der Waals surface area contributed by atoms with Gasteiger partial charge in [-0.2, -0.15) is 0 Å². The number of nitrogens with zero attached hydrogens (tertiary/aromatic N) is 1. The maximum absolute atomic E-state index is 12.4. The van der Waals surface area contributed by atoms with Gasteiger partial charge >= 0.3 is 0 Å². The van der Waals surface area contributed by atoms with Crippen LogP contribution in [-0.4, -0.2) is 29.4 Å². The van der Waals surface area contributed by atoms with Crippen LogP contribution in [0.25, 0.3) is 0 Å². The predicted molar refractivity (Wildman–Crippen MR) is 110 cm³/mol. The predicted octanol–water partition coefficient (Wildman–Crippen LogP) is 3.25. The number of nitrogens with two attached hydrogens (primary N) is 1. The van der Waals surface area contributed by atoms with Crippen LogP contribution in [0.2, 0.25) is 0 Å². The van der Waals surface area contributed by atoms with E-state index in [0.717, 1.165) is 18.7 Å². The van der Waals surface area contributed by atoms with Gasteiger partial charge < -0.3 is 11.1 Å². The molecule has 1 aliphatic rings. The van der Waals surface area contributed by atoms with Crippen LogP contribution in [0.3, 0.4) is 0 Å². The highest BCUT2D eigenvalue weighted by Gasteiger charge is 2.19. The zero-order valence-corrected chi connectivity index (χ0v) is 16.2. The summed E-state index contributed by atoms with van der Waals surface area (Å²) < 4.78 is 0. The van der Waals surface area contributed by atoms with Gasteiger partial charge in [0.25, 0.3) is 0 Å². The van der Waals surface area contributed by atoms with Crippen LogP contribution in [-0.2, 0) is 24.3 Å². The average Bonchev–Trinajstić information content (AvgIpc) is 2.69. The molecule has 4 nitrogen and oxygen atoms in total. The highest BCUT2D eigenvalue weighted by Crippen LogP contribution is 2.20. The van der Waals surface area contributed by atoms with E-state index in [1.54, 1.807) is 0 Å². The maximum Gasteiger partial charge on any atom is 0.237 e. The highest BCUT2D eigenvalue weighted by molar-refractivity contribution is 5.81. The Morgan fingerprint density at radius 3 is 2.56 bits per heavy atom. The average molecular weight is 366 g/mol. The van der Waals surface area contributed by atoms with E-state index in [-0.39, 0.29) is 5.91 Å². The van der Waals surface area contributed by atoms with Gasteiger partial charge in [-0.1, -0.05) is 61.0 Å². The molecule has 0 bridgehead atoms. The van der Waals surface area contributed by atoms with Crippen molar-refractivity contribution in [2.75, 3.05) is 6.54 Å². The molecule has 27 heavy (non-hydrogen) atoms. The van der Waals surface area contributed by atoms with Crippen molar-refractivity contribution >= 4 is 5.91 Å². The summed E-state index contributed by atoms with van der Waals surface area (Å²) in [4.78, 5) is 15.0. The second-order valence-electron chi connectivity index (χ2n) is 7.60. The third-order valence-electron chi connectivity index (χ3n) is 5.52. The number of carbonyl (C=O) groups excluding carboxylic acids is 1. The number of carbonyl (C=O) groups is 1. The zero-order valence-electron chi connectivity index (χ0n) is 16.2. The molecule has 2 aromatic rings. The Morgan fingerprint density at radius 1 is 1.11 bits per heavy atom. The van der Waals surface area contributed by atoms with Crippen LogP contribution in [0.15, 0.2) is 54.6 Å². The van der Waals surface area contributed by atoms with Crippen LogP contribution >= 0.6 is 0 Å². The van der Waals surface area contributed by atoms with Gasteiger partial charge in [0.05, 0.1) is 6.04 Å². The van der Waals surface area contributed by atoms with E-state index in [2.05, 4.69) is 35.3 Å². The highest BCUT2D eigenvalue weighted by atomic mass is 16.2. The molecule has 1 saturated heterocycles. The Morgan fingerprint density at radius 2 is 1.81 bits per heavy atom. The molecule has 1 aliphatic heterocycles. The number of piperidine rings is 1. The Bertz CT molecular complexity index is 731. The summed E-state index contributed by atoms with van der Waals surface area (Å²) in [5.41, 5.74) is 9.65. The number of likely N-dealkylation sites (tertiary alicyclic amines) is 1. The van der Waals surface area contributed by atoms with E-state index in [4.69, 9.17) is 5.73 Å². The van der Waals surface area contributed by atoms with Gasteiger partial charge in [-0.05, 0) is 49.4 Å². The first kappa shape index (κ1) is 19.6. The molecule has 2 aromatic carbocycles. The van der Waals surface area contributed by atoms with Crippen molar-refractivity contribution in [3.63, 3.8) is 0 Å². The molecule has 4 heteroatoms. The second-order valence-corrected chi connectivity index (χ2v) is 7.60. The molecule has 0 saturated carbocycles. The minimum Gasteiger partial charge on any atom is -0.351 e. The summed E-state index contributed by atoms with van der Waals surface area (Å²) in [6.45, 7) is 4.94. The van der Waals surface area contributed by atoms with E-state index < -0.39 is 6.04 Å². The molecule has 1 fully saturated rings. The molecule has 2 unspecified atom stereocenters. The first-order chi connectivity index (χ1) is 13.1. The summed E-state index contributed by atoms with van der Waals surface area (Å²) in [7, 11) is 0. The number of amides is 1. The minimum absolute atomic E-state index is 0.0972. The maximum atomic E-state index is 12.4. The molecule has 0 aliphatic carbocycles. The van der Waals surface area contributed by atoms with Gasteiger partial charge in [-0.25, -0.2) is 0 Å². The van der Waals surface area contributed by atoms with Crippen molar-refractivity contribution in [2.24, 2.45) is 5.73 Å². The molecular formula is C23H31N3O. The molecule has 3 rings (SSSR count). The van der Waals surface area contributed by atoms with Crippen molar-refractivity contribution in [2.45, 2.75) is 57.8 Å². The lowest BCUT2D eigenvalue weighted by Crippen LogP contribution is -2.42. The fraction of sp³-hybridized carbons (Fsp3) is 0.435. The van der Waals surface area contributed by atoms with Gasteiger partial charge in [0.2, 0.25) is 5.91 Å². The summed E-state index contributed by atoms with van der Waals surface area (Å²) in [6, 6.07) is 18.4. The first-order valence-electron chi connectivity index (χ1n) is 10.0. The number of rotatable bonds is 7. The smallest absolute Gasteiger partial charge is 0.237 e. The Kier molecular flexibility index (Phi) is 7.02. The fourth-order valence-corrected chi connectivity index (χ4v) is 3.77. The Hall–Kier alpha value is -2.17. The van der Waals surface area contributed by atoms with Gasteiger partial charge in [-0.3, -0.25) is 9.69 Å². The van der Waals surface area contributed by atoms with E-state index in [9.17, 15) is 4.79 Å². The number of hydrogen-bond donors (Lipinski definition) is 2. The third-order valence-corrected chi connectivity index (χ3v) is 5.52.